The Bertz CT molecular complexity index is 4060. The second-order valence-corrected chi connectivity index (χ2v) is 18.5. The number of rotatable bonds is 9. The molecule has 0 radical (unpaired) electrons. The minimum Gasteiger partial charge on any atom is -0.310 e. The van der Waals surface area contributed by atoms with Crippen molar-refractivity contribution in [1.82, 2.24) is 0 Å². The van der Waals surface area contributed by atoms with Crippen LogP contribution in [0.2, 0.25) is 0 Å². The first-order valence-corrected chi connectivity index (χ1v) is 24.5. The first-order valence-electron chi connectivity index (χ1n) is 24.5. The maximum atomic E-state index is 2.42. The Morgan fingerprint density at radius 3 is 1.23 bits per heavy atom. The van der Waals surface area contributed by atoms with Crippen molar-refractivity contribution in [2.24, 2.45) is 0 Å². The van der Waals surface area contributed by atoms with Crippen molar-refractivity contribution in [2.75, 3.05) is 4.90 Å². The number of hydrogen-bond donors (Lipinski definition) is 0. The smallest absolute Gasteiger partial charge is 0.0468 e. The summed E-state index contributed by atoms with van der Waals surface area (Å²) in [4.78, 5) is 2.40. The summed E-state index contributed by atoms with van der Waals surface area (Å²) in [5.74, 6) is 0. The van der Waals surface area contributed by atoms with Crippen LogP contribution in [0.1, 0.15) is 0 Å². The lowest BCUT2D eigenvalue weighted by atomic mass is 9.84. The van der Waals surface area contributed by atoms with E-state index in [2.05, 4.69) is 290 Å². The highest BCUT2D eigenvalue weighted by Gasteiger charge is 2.20. The van der Waals surface area contributed by atoms with Crippen LogP contribution in [0.5, 0.6) is 0 Å². The van der Waals surface area contributed by atoms with Gasteiger partial charge in [0.1, 0.15) is 0 Å². The lowest BCUT2D eigenvalue weighted by Gasteiger charge is -2.27. The standard InChI is InChI=1S/C70H47N/c1-4-15-48(16-5-1)57-33-34-60-46-64(41-37-59(60)44-57)71(62-39-35-51(36-40-62)50-27-29-52(30-28-50)58-32-31-49-17-10-11-22-55(49)43-58)63-24-14-23-56(45-63)61-38-42-66-65-25-12-13-26-67(65)69(53-18-6-2-7-19-53)70(68(66)47-61)54-20-8-3-9-21-54/h1-47H. The molecule has 0 saturated heterocycles. The zero-order valence-electron chi connectivity index (χ0n) is 39.1. The highest BCUT2D eigenvalue weighted by molar-refractivity contribution is 6.22. The molecule has 13 aromatic carbocycles. The molecular weight excluding hydrogens is 855 g/mol. The second-order valence-electron chi connectivity index (χ2n) is 18.5. The molecule has 0 N–H and O–H groups in total. The molecule has 0 spiro atoms. The quantitative estimate of drug-likeness (QED) is 0.131. The lowest BCUT2D eigenvalue weighted by Crippen LogP contribution is -2.10. The molecule has 0 bridgehead atoms. The fourth-order valence-corrected chi connectivity index (χ4v) is 10.7. The van der Waals surface area contributed by atoms with Gasteiger partial charge in [-0.25, -0.2) is 0 Å². The Kier molecular flexibility index (Phi) is 10.6. The van der Waals surface area contributed by atoms with E-state index < -0.39 is 0 Å². The highest BCUT2D eigenvalue weighted by atomic mass is 15.1. The van der Waals surface area contributed by atoms with Gasteiger partial charge in [-0.2, -0.15) is 0 Å². The van der Waals surface area contributed by atoms with Gasteiger partial charge < -0.3 is 4.90 Å². The number of nitrogens with zero attached hydrogens (tertiary/aromatic N) is 1. The Labute approximate surface area is 414 Å². The summed E-state index contributed by atoms with van der Waals surface area (Å²) in [6.07, 6.45) is 0. The number of anilines is 3. The summed E-state index contributed by atoms with van der Waals surface area (Å²) in [7, 11) is 0. The normalized spacial score (nSPS) is 11.4. The minimum atomic E-state index is 1.09. The monoisotopic (exact) mass is 901 g/mol. The summed E-state index contributed by atoms with van der Waals surface area (Å²) in [5, 5.41) is 9.90. The van der Waals surface area contributed by atoms with Crippen LogP contribution in [0.4, 0.5) is 17.1 Å². The van der Waals surface area contributed by atoms with E-state index in [1.54, 1.807) is 0 Å². The molecule has 0 aliphatic rings. The highest BCUT2D eigenvalue weighted by Crippen LogP contribution is 2.46. The molecular formula is C70H47N. The Morgan fingerprint density at radius 2 is 0.549 bits per heavy atom. The zero-order valence-corrected chi connectivity index (χ0v) is 39.1. The summed E-state index contributed by atoms with van der Waals surface area (Å²) < 4.78 is 0. The van der Waals surface area contributed by atoms with E-state index in [1.165, 1.54) is 104 Å². The molecule has 13 aromatic rings. The van der Waals surface area contributed by atoms with Gasteiger partial charge in [-0.15, -0.1) is 0 Å². The molecule has 0 heterocycles. The van der Waals surface area contributed by atoms with Gasteiger partial charge in [-0.05, 0) is 164 Å². The molecule has 0 aliphatic heterocycles. The van der Waals surface area contributed by atoms with Gasteiger partial charge in [0.2, 0.25) is 0 Å². The van der Waals surface area contributed by atoms with E-state index in [1.807, 2.05) is 0 Å². The number of fused-ring (bicyclic) bond motifs is 5. The molecule has 0 fully saturated rings. The van der Waals surface area contributed by atoms with E-state index in [0.717, 1.165) is 22.6 Å². The van der Waals surface area contributed by atoms with Gasteiger partial charge in [-0.3, -0.25) is 0 Å². The number of benzene rings is 13. The third-order valence-electron chi connectivity index (χ3n) is 14.2. The van der Waals surface area contributed by atoms with E-state index >= 15 is 0 Å². The molecule has 1 nitrogen and oxygen atoms in total. The molecule has 0 atom stereocenters. The fourth-order valence-electron chi connectivity index (χ4n) is 10.7. The molecule has 0 saturated carbocycles. The van der Waals surface area contributed by atoms with Gasteiger partial charge >= 0.3 is 0 Å². The van der Waals surface area contributed by atoms with Crippen LogP contribution in [-0.2, 0) is 0 Å². The summed E-state index contributed by atoms with van der Waals surface area (Å²) >= 11 is 0. The van der Waals surface area contributed by atoms with Crippen molar-refractivity contribution < 1.29 is 0 Å². The average molecular weight is 902 g/mol. The van der Waals surface area contributed by atoms with Crippen LogP contribution in [0.15, 0.2) is 285 Å². The van der Waals surface area contributed by atoms with Gasteiger partial charge in [0.25, 0.3) is 0 Å². The maximum Gasteiger partial charge on any atom is 0.0468 e. The summed E-state index contributed by atoms with van der Waals surface area (Å²) in [6, 6.07) is 104. The van der Waals surface area contributed by atoms with Crippen molar-refractivity contribution in [3.63, 3.8) is 0 Å². The topological polar surface area (TPSA) is 3.24 Å². The predicted molar refractivity (Wildman–Crippen MR) is 304 cm³/mol. The van der Waals surface area contributed by atoms with Gasteiger partial charge in [-0.1, -0.05) is 231 Å². The van der Waals surface area contributed by atoms with E-state index in [-0.39, 0.29) is 0 Å². The molecule has 71 heavy (non-hydrogen) atoms. The Balaban J connectivity index is 0.922. The van der Waals surface area contributed by atoms with E-state index in [0.29, 0.717) is 0 Å². The molecule has 0 aromatic heterocycles. The van der Waals surface area contributed by atoms with Gasteiger partial charge in [0.15, 0.2) is 0 Å². The van der Waals surface area contributed by atoms with E-state index in [4.69, 9.17) is 0 Å². The first-order chi connectivity index (χ1) is 35.2. The van der Waals surface area contributed by atoms with Crippen LogP contribution >= 0.6 is 0 Å². The Morgan fingerprint density at radius 1 is 0.169 bits per heavy atom. The molecule has 0 aliphatic carbocycles. The van der Waals surface area contributed by atoms with Crippen LogP contribution in [-0.4, -0.2) is 0 Å². The van der Waals surface area contributed by atoms with Gasteiger partial charge in [0, 0.05) is 17.1 Å². The van der Waals surface area contributed by atoms with Crippen molar-refractivity contribution in [2.45, 2.75) is 0 Å². The van der Waals surface area contributed by atoms with Crippen LogP contribution in [0.3, 0.4) is 0 Å². The SMILES string of the molecule is c1ccc(-c2ccc3cc(N(c4ccc(-c5ccc(-c6ccc7ccccc7c6)cc5)cc4)c4cccc(-c5ccc6c(c5)c(-c5ccccc5)c(-c5ccccc5)c5ccccc56)c4)ccc3c2)cc1. The fraction of sp³-hybridized carbons (Fsp3) is 0. The van der Waals surface area contributed by atoms with Crippen LogP contribution < -0.4 is 4.90 Å². The molecule has 13 rings (SSSR count). The summed E-state index contributed by atoms with van der Waals surface area (Å²) in [5.41, 5.74) is 17.7. The van der Waals surface area contributed by atoms with E-state index in [9.17, 15) is 0 Å². The minimum absolute atomic E-state index is 1.09. The molecule has 0 unspecified atom stereocenters. The molecule has 332 valence electrons. The largest absolute Gasteiger partial charge is 0.310 e. The summed E-state index contributed by atoms with van der Waals surface area (Å²) in [6.45, 7) is 0. The average Bonchev–Trinajstić information content (AvgIpc) is 3.45. The Hall–Kier alpha value is -9.30. The third-order valence-corrected chi connectivity index (χ3v) is 14.2. The second kappa shape index (κ2) is 18.0. The third kappa shape index (κ3) is 7.90. The first kappa shape index (κ1) is 41.9. The van der Waals surface area contributed by atoms with Gasteiger partial charge in [0.05, 0.1) is 0 Å². The molecule has 1 heteroatoms. The maximum absolute atomic E-state index is 2.42. The van der Waals surface area contributed by atoms with Crippen LogP contribution in [0.25, 0.3) is 110 Å². The predicted octanol–water partition coefficient (Wildman–Crippen LogP) is 19.8. The van der Waals surface area contributed by atoms with Crippen molar-refractivity contribution in [3.8, 4) is 66.8 Å². The van der Waals surface area contributed by atoms with Crippen molar-refractivity contribution >= 4 is 60.2 Å². The number of hydrogen-bond acceptors (Lipinski definition) is 1. The zero-order chi connectivity index (χ0) is 47.1. The lowest BCUT2D eigenvalue weighted by molar-refractivity contribution is 1.29. The molecule has 0 amide bonds. The van der Waals surface area contributed by atoms with Crippen molar-refractivity contribution in [1.29, 1.82) is 0 Å². The van der Waals surface area contributed by atoms with Crippen molar-refractivity contribution in [3.05, 3.63) is 285 Å². The van der Waals surface area contributed by atoms with Crippen LogP contribution in [0, 0.1) is 0 Å².